The summed E-state index contributed by atoms with van der Waals surface area (Å²) in [6.07, 6.45) is 7.49. The lowest BCUT2D eigenvalue weighted by Crippen LogP contribution is -2.31. The molecule has 0 aliphatic carbocycles. The van der Waals surface area contributed by atoms with Crippen molar-refractivity contribution in [3.63, 3.8) is 0 Å². The number of primary amides is 1. The Morgan fingerprint density at radius 2 is 1.97 bits per heavy atom. The minimum absolute atomic E-state index is 0.458. The van der Waals surface area contributed by atoms with Gasteiger partial charge < -0.3 is 25.7 Å². The van der Waals surface area contributed by atoms with Crippen LogP contribution in [0.5, 0.6) is 5.75 Å². The second-order valence-corrected chi connectivity index (χ2v) is 7.74. The van der Waals surface area contributed by atoms with Crippen molar-refractivity contribution in [1.29, 1.82) is 0 Å². The van der Waals surface area contributed by atoms with Gasteiger partial charge in [-0.2, -0.15) is 0 Å². The first kappa shape index (κ1) is 21.0. The molecule has 6 nitrogen and oxygen atoms in total. The third-order valence-corrected chi connectivity index (χ3v) is 5.30. The largest absolute Gasteiger partial charge is 0.494 e. The van der Waals surface area contributed by atoms with Gasteiger partial charge in [-0.3, -0.25) is 4.79 Å². The third-order valence-electron chi connectivity index (χ3n) is 5.30. The van der Waals surface area contributed by atoms with E-state index in [0.29, 0.717) is 17.8 Å². The van der Waals surface area contributed by atoms with Gasteiger partial charge >= 0.3 is 0 Å². The van der Waals surface area contributed by atoms with Crippen molar-refractivity contribution in [2.24, 2.45) is 5.73 Å². The van der Waals surface area contributed by atoms with Crippen LogP contribution >= 0.6 is 0 Å². The van der Waals surface area contributed by atoms with Gasteiger partial charge in [0.1, 0.15) is 11.6 Å². The summed E-state index contributed by atoms with van der Waals surface area (Å²) in [5, 5.41) is 3.16. The molecular formula is C23H32N4O2. The van der Waals surface area contributed by atoms with Crippen molar-refractivity contribution in [1.82, 2.24) is 9.88 Å². The number of carbonyl (C=O) groups excluding carboxylic acids is 1. The maximum atomic E-state index is 11.6. The van der Waals surface area contributed by atoms with Crippen molar-refractivity contribution in [3.8, 4) is 5.75 Å². The number of nitrogens with one attached hydrogen (secondary N) is 2. The van der Waals surface area contributed by atoms with Crippen LogP contribution in [0.2, 0.25) is 0 Å². The Hall–Kier alpha value is -2.73. The quantitative estimate of drug-likeness (QED) is 0.533. The summed E-state index contributed by atoms with van der Waals surface area (Å²) in [6.45, 7) is 10.2. The summed E-state index contributed by atoms with van der Waals surface area (Å²) in [7, 11) is 0. The van der Waals surface area contributed by atoms with E-state index in [1.165, 1.54) is 32.4 Å². The van der Waals surface area contributed by atoms with Crippen LogP contribution in [0.3, 0.4) is 0 Å². The minimum Gasteiger partial charge on any atom is -0.494 e. The number of aromatic amines is 1. The normalized spacial score (nSPS) is 14.5. The maximum absolute atomic E-state index is 11.6. The predicted molar refractivity (Wildman–Crippen MR) is 117 cm³/mol. The first-order valence-electron chi connectivity index (χ1n) is 10.4. The number of amides is 1. The zero-order valence-electron chi connectivity index (χ0n) is 17.3. The van der Waals surface area contributed by atoms with Crippen molar-refractivity contribution >= 4 is 11.7 Å². The van der Waals surface area contributed by atoms with Crippen LogP contribution in [-0.4, -0.2) is 42.0 Å². The molecule has 0 unspecified atom stereocenters. The van der Waals surface area contributed by atoms with E-state index in [2.05, 4.69) is 21.8 Å². The lowest BCUT2D eigenvalue weighted by atomic mass is 10.1. The number of aromatic nitrogens is 1. The zero-order valence-corrected chi connectivity index (χ0v) is 17.3. The molecule has 29 heavy (non-hydrogen) atoms. The predicted octanol–water partition coefficient (Wildman–Crippen LogP) is 3.85. The molecule has 1 aliphatic rings. The van der Waals surface area contributed by atoms with E-state index >= 15 is 0 Å². The van der Waals surface area contributed by atoms with Crippen molar-refractivity contribution in [3.05, 3.63) is 59.4 Å². The summed E-state index contributed by atoms with van der Waals surface area (Å²) in [5.41, 5.74) is 8.64. The Kier molecular flexibility index (Phi) is 7.36. The third kappa shape index (κ3) is 6.12. The van der Waals surface area contributed by atoms with Crippen LogP contribution in [0, 0.1) is 6.92 Å². The monoisotopic (exact) mass is 396 g/mol. The fourth-order valence-corrected chi connectivity index (χ4v) is 3.77. The standard InChI is InChI=1S/C23H32N4O2/c1-17-16-25-23(21(17)22(24)28)26-18(2)15-19-7-9-20(10-8-19)29-14-6-13-27-11-4-3-5-12-27/h7-10,16,25-26H,2-6,11-15H2,1H3,(H2,24,28). The van der Waals surface area contributed by atoms with Gasteiger partial charge in [-0.15, -0.1) is 0 Å². The van der Waals surface area contributed by atoms with Gasteiger partial charge in [0.25, 0.3) is 5.91 Å². The fourth-order valence-electron chi connectivity index (χ4n) is 3.77. The van der Waals surface area contributed by atoms with Crippen LogP contribution < -0.4 is 15.8 Å². The molecule has 1 amide bonds. The van der Waals surface area contributed by atoms with E-state index in [-0.39, 0.29) is 0 Å². The van der Waals surface area contributed by atoms with Crippen molar-refractivity contribution < 1.29 is 9.53 Å². The molecule has 0 atom stereocenters. The molecule has 0 saturated carbocycles. The first-order chi connectivity index (χ1) is 14.0. The van der Waals surface area contributed by atoms with E-state index in [9.17, 15) is 4.79 Å². The molecule has 2 heterocycles. The van der Waals surface area contributed by atoms with Gasteiger partial charge in [0, 0.05) is 24.9 Å². The Balaban J connectivity index is 1.42. The second kappa shape index (κ2) is 10.2. The number of aryl methyl sites for hydroxylation is 1. The van der Waals surface area contributed by atoms with Gasteiger partial charge in [0.05, 0.1) is 12.2 Å². The topological polar surface area (TPSA) is 83.4 Å². The molecule has 6 heteroatoms. The van der Waals surface area contributed by atoms with Crippen LogP contribution in [0.15, 0.2) is 42.7 Å². The van der Waals surface area contributed by atoms with E-state index in [1.54, 1.807) is 6.20 Å². The number of allylic oxidation sites excluding steroid dienone is 1. The second-order valence-electron chi connectivity index (χ2n) is 7.74. The van der Waals surface area contributed by atoms with Gasteiger partial charge in [0.2, 0.25) is 0 Å². The number of benzene rings is 1. The summed E-state index contributed by atoms with van der Waals surface area (Å²) in [6, 6.07) is 8.08. The highest BCUT2D eigenvalue weighted by Gasteiger charge is 2.14. The van der Waals surface area contributed by atoms with E-state index in [4.69, 9.17) is 10.5 Å². The number of ether oxygens (including phenoxy) is 1. The first-order valence-corrected chi connectivity index (χ1v) is 10.4. The molecular weight excluding hydrogens is 364 g/mol. The van der Waals surface area contributed by atoms with E-state index in [1.807, 2.05) is 31.2 Å². The highest BCUT2D eigenvalue weighted by molar-refractivity contribution is 5.99. The number of hydrogen-bond acceptors (Lipinski definition) is 4. The zero-order chi connectivity index (χ0) is 20.6. The number of carbonyl (C=O) groups is 1. The van der Waals surface area contributed by atoms with Gasteiger partial charge in [-0.25, -0.2) is 0 Å². The Morgan fingerprint density at radius 1 is 1.24 bits per heavy atom. The van der Waals surface area contributed by atoms with Crippen LogP contribution in [0.4, 0.5) is 5.82 Å². The minimum atomic E-state index is -0.458. The number of nitrogens with zero attached hydrogens (tertiary/aromatic N) is 1. The molecule has 3 rings (SSSR count). The molecule has 1 aliphatic heterocycles. The number of rotatable bonds is 10. The summed E-state index contributed by atoms with van der Waals surface area (Å²) in [5.74, 6) is 1.02. The average molecular weight is 397 g/mol. The number of nitrogens with two attached hydrogens (primary N) is 1. The Labute approximate surface area is 173 Å². The highest BCUT2D eigenvalue weighted by atomic mass is 16.5. The van der Waals surface area contributed by atoms with E-state index in [0.717, 1.165) is 42.1 Å². The van der Waals surface area contributed by atoms with Crippen molar-refractivity contribution in [2.75, 3.05) is 31.6 Å². The van der Waals surface area contributed by atoms with Crippen LogP contribution in [-0.2, 0) is 6.42 Å². The average Bonchev–Trinajstić information content (AvgIpc) is 3.07. The molecule has 0 radical (unpaired) electrons. The number of H-pyrrole nitrogens is 1. The number of hydrogen-bond donors (Lipinski definition) is 3. The molecule has 1 aromatic carbocycles. The molecule has 1 aromatic heterocycles. The van der Waals surface area contributed by atoms with Crippen LogP contribution in [0.25, 0.3) is 0 Å². The summed E-state index contributed by atoms with van der Waals surface area (Å²) < 4.78 is 5.88. The SMILES string of the molecule is C=C(Cc1ccc(OCCCN2CCCCC2)cc1)Nc1[nH]cc(C)c1C(N)=O. The molecule has 0 spiro atoms. The molecule has 1 fully saturated rings. The van der Waals surface area contributed by atoms with Gasteiger partial charge in [-0.05, 0) is 62.5 Å². The van der Waals surface area contributed by atoms with Crippen LogP contribution in [0.1, 0.15) is 47.2 Å². The molecule has 0 bridgehead atoms. The fraction of sp³-hybridized carbons (Fsp3) is 0.435. The van der Waals surface area contributed by atoms with Gasteiger partial charge in [0.15, 0.2) is 0 Å². The number of anilines is 1. The Morgan fingerprint density at radius 3 is 2.66 bits per heavy atom. The summed E-state index contributed by atoms with van der Waals surface area (Å²) in [4.78, 5) is 17.2. The number of piperidine rings is 1. The van der Waals surface area contributed by atoms with Crippen molar-refractivity contribution in [2.45, 2.75) is 39.0 Å². The molecule has 4 N–H and O–H groups in total. The smallest absolute Gasteiger partial charge is 0.252 e. The number of likely N-dealkylation sites (tertiary alicyclic amines) is 1. The lowest BCUT2D eigenvalue weighted by molar-refractivity contribution is 0.100. The molecule has 2 aromatic rings. The van der Waals surface area contributed by atoms with Gasteiger partial charge in [-0.1, -0.05) is 25.1 Å². The highest BCUT2D eigenvalue weighted by Crippen LogP contribution is 2.21. The molecule has 156 valence electrons. The summed E-state index contributed by atoms with van der Waals surface area (Å²) >= 11 is 0. The Bertz CT molecular complexity index is 820. The maximum Gasteiger partial charge on any atom is 0.252 e. The molecule has 1 saturated heterocycles. The lowest BCUT2D eigenvalue weighted by Gasteiger charge is -2.26. The van der Waals surface area contributed by atoms with E-state index < -0.39 is 5.91 Å².